The first-order chi connectivity index (χ1) is 6.74. The van der Waals surface area contributed by atoms with Crippen molar-refractivity contribution in [1.82, 2.24) is 5.32 Å². The van der Waals surface area contributed by atoms with Crippen molar-refractivity contribution in [2.75, 3.05) is 5.33 Å². The number of hydrogen-bond donors (Lipinski definition) is 1. The van der Waals surface area contributed by atoms with Crippen molar-refractivity contribution in [2.45, 2.75) is 6.54 Å². The summed E-state index contributed by atoms with van der Waals surface area (Å²) in [5.41, 5.74) is 2.08. The average Bonchev–Trinajstić information content (AvgIpc) is 2.59. The highest BCUT2D eigenvalue weighted by molar-refractivity contribution is 9.09. The van der Waals surface area contributed by atoms with Crippen LogP contribution in [0.2, 0.25) is 0 Å². The van der Waals surface area contributed by atoms with E-state index in [1.165, 1.54) is 0 Å². The zero-order chi connectivity index (χ0) is 10.1. The van der Waals surface area contributed by atoms with Crippen LogP contribution >= 0.6 is 15.9 Å². The van der Waals surface area contributed by atoms with Crippen molar-refractivity contribution in [2.24, 2.45) is 0 Å². The third-order valence-electron chi connectivity index (χ3n) is 2.27. The summed E-state index contributed by atoms with van der Waals surface area (Å²) in [5, 5.41) is 2.99. The van der Waals surface area contributed by atoms with Gasteiger partial charge in [-0.3, -0.25) is 9.59 Å². The van der Waals surface area contributed by atoms with Gasteiger partial charge >= 0.3 is 0 Å². The Morgan fingerprint density at radius 1 is 1.50 bits per heavy atom. The van der Waals surface area contributed by atoms with Crippen molar-refractivity contribution < 1.29 is 9.59 Å². The summed E-state index contributed by atoms with van der Waals surface area (Å²) in [6.45, 7) is 0.461. The number of carbonyl (C=O) groups excluding carboxylic acids is 2. The largest absolute Gasteiger partial charge is 0.348 e. The van der Waals surface area contributed by atoms with Crippen LogP contribution in [0, 0.1) is 0 Å². The van der Waals surface area contributed by atoms with E-state index in [0.29, 0.717) is 17.7 Å². The number of halogens is 1. The molecule has 0 spiro atoms. The minimum Gasteiger partial charge on any atom is -0.348 e. The fraction of sp³-hybridized carbons (Fsp3) is 0.200. The Balaban J connectivity index is 2.54. The second kappa shape index (κ2) is 3.53. The lowest BCUT2D eigenvalue weighted by Crippen LogP contribution is -2.12. The Hall–Kier alpha value is -1.16. The van der Waals surface area contributed by atoms with Gasteiger partial charge in [0.05, 0.1) is 5.33 Å². The van der Waals surface area contributed by atoms with Crippen LogP contribution in [0.25, 0.3) is 0 Å². The van der Waals surface area contributed by atoms with Gasteiger partial charge in [0, 0.05) is 17.7 Å². The van der Waals surface area contributed by atoms with Crippen molar-refractivity contribution >= 4 is 27.6 Å². The Morgan fingerprint density at radius 2 is 2.29 bits per heavy atom. The van der Waals surface area contributed by atoms with Gasteiger partial charge < -0.3 is 5.32 Å². The lowest BCUT2D eigenvalue weighted by atomic mass is 10.0. The van der Waals surface area contributed by atoms with Crippen LogP contribution < -0.4 is 5.32 Å². The van der Waals surface area contributed by atoms with Crippen LogP contribution in [0.4, 0.5) is 0 Å². The molecule has 0 aliphatic carbocycles. The van der Waals surface area contributed by atoms with E-state index in [2.05, 4.69) is 21.2 Å². The molecule has 1 aliphatic rings. The van der Waals surface area contributed by atoms with E-state index >= 15 is 0 Å². The molecule has 0 saturated heterocycles. The third kappa shape index (κ3) is 1.35. The van der Waals surface area contributed by atoms with E-state index < -0.39 is 0 Å². The fourth-order valence-electron chi connectivity index (χ4n) is 1.59. The summed E-state index contributed by atoms with van der Waals surface area (Å²) in [4.78, 5) is 22.8. The highest BCUT2D eigenvalue weighted by Gasteiger charge is 2.23. The molecular formula is C10H8BrNO2. The van der Waals surface area contributed by atoms with Gasteiger partial charge in [-0.2, -0.15) is 0 Å². The van der Waals surface area contributed by atoms with Gasteiger partial charge in [-0.15, -0.1) is 0 Å². The van der Waals surface area contributed by atoms with Gasteiger partial charge in [0.25, 0.3) is 5.91 Å². The van der Waals surface area contributed by atoms with Crippen LogP contribution in [0.15, 0.2) is 18.2 Å². The van der Waals surface area contributed by atoms with Gasteiger partial charge in [-0.05, 0) is 11.6 Å². The highest BCUT2D eigenvalue weighted by atomic mass is 79.9. The first kappa shape index (κ1) is 9.40. The summed E-state index contributed by atoms with van der Waals surface area (Å²) in [5.74, 6) is -0.0810. The quantitative estimate of drug-likeness (QED) is 0.642. The summed E-state index contributed by atoms with van der Waals surface area (Å²) < 4.78 is 0. The third-order valence-corrected chi connectivity index (χ3v) is 2.78. The van der Waals surface area contributed by atoms with Crippen LogP contribution in [0.1, 0.15) is 26.3 Å². The van der Waals surface area contributed by atoms with Crippen LogP contribution in [-0.2, 0) is 6.54 Å². The van der Waals surface area contributed by atoms with Crippen molar-refractivity contribution in [1.29, 1.82) is 0 Å². The van der Waals surface area contributed by atoms with E-state index in [1.807, 2.05) is 0 Å². The average molecular weight is 254 g/mol. The molecular weight excluding hydrogens is 246 g/mol. The van der Waals surface area contributed by atoms with Gasteiger partial charge in [0.15, 0.2) is 5.78 Å². The molecule has 72 valence electrons. The molecule has 2 rings (SSSR count). The number of Topliss-reactive ketones (excluding diaryl/α,β-unsaturated/α-hetero) is 1. The minimum absolute atomic E-state index is 0.0124. The Labute approximate surface area is 89.6 Å². The number of ketones is 1. The summed E-state index contributed by atoms with van der Waals surface area (Å²) in [6.07, 6.45) is 0. The number of rotatable bonds is 2. The molecule has 0 saturated carbocycles. The molecule has 1 amide bonds. The second-order valence-electron chi connectivity index (χ2n) is 3.07. The maximum atomic E-state index is 11.5. The Bertz CT molecular complexity index is 415. The molecule has 0 radical (unpaired) electrons. The smallest absolute Gasteiger partial charge is 0.251 e. The van der Waals surface area contributed by atoms with Crippen molar-refractivity contribution in [3.8, 4) is 0 Å². The highest BCUT2D eigenvalue weighted by Crippen LogP contribution is 2.20. The van der Waals surface area contributed by atoms with Gasteiger partial charge in [-0.25, -0.2) is 0 Å². The standard InChI is InChI=1S/C10H8BrNO2/c11-4-9(13)6-2-1-3-7-8(6)5-12-10(7)14/h1-3H,4-5H2,(H,12,14). The molecule has 14 heavy (non-hydrogen) atoms. The predicted octanol–water partition coefficient (Wildman–Crippen LogP) is 1.51. The zero-order valence-electron chi connectivity index (χ0n) is 7.34. The number of carbonyl (C=O) groups is 2. The molecule has 1 aromatic carbocycles. The van der Waals surface area contributed by atoms with Crippen LogP contribution in [0.5, 0.6) is 0 Å². The number of amides is 1. The Morgan fingerprint density at radius 3 is 3.00 bits per heavy atom. The number of benzene rings is 1. The van der Waals surface area contributed by atoms with Gasteiger partial charge in [0.1, 0.15) is 0 Å². The second-order valence-corrected chi connectivity index (χ2v) is 3.63. The molecule has 0 fully saturated rings. The summed E-state index contributed by atoms with van der Waals surface area (Å²) >= 11 is 3.12. The minimum atomic E-state index is -0.0933. The lowest BCUT2D eigenvalue weighted by Gasteiger charge is -2.02. The van der Waals surface area contributed by atoms with Crippen molar-refractivity contribution in [3.05, 3.63) is 34.9 Å². The van der Waals surface area contributed by atoms with Gasteiger partial charge in [0.2, 0.25) is 0 Å². The number of nitrogens with one attached hydrogen (secondary N) is 1. The first-order valence-electron chi connectivity index (χ1n) is 4.23. The molecule has 0 bridgehead atoms. The molecule has 0 atom stereocenters. The molecule has 4 heteroatoms. The van der Waals surface area contributed by atoms with E-state index in [9.17, 15) is 9.59 Å². The molecule has 0 unspecified atom stereocenters. The van der Waals surface area contributed by atoms with E-state index in [1.54, 1.807) is 18.2 Å². The number of alkyl halides is 1. The Kier molecular flexibility index (Phi) is 2.37. The molecule has 1 aliphatic heterocycles. The number of fused-ring (bicyclic) bond motifs is 1. The van der Waals surface area contributed by atoms with E-state index in [4.69, 9.17) is 0 Å². The lowest BCUT2D eigenvalue weighted by molar-refractivity contribution is 0.0964. The van der Waals surface area contributed by atoms with Crippen molar-refractivity contribution in [3.63, 3.8) is 0 Å². The topological polar surface area (TPSA) is 46.2 Å². The zero-order valence-corrected chi connectivity index (χ0v) is 8.93. The van der Waals surface area contributed by atoms with Crippen LogP contribution in [-0.4, -0.2) is 17.0 Å². The predicted molar refractivity (Wildman–Crippen MR) is 55.7 cm³/mol. The van der Waals surface area contributed by atoms with E-state index in [-0.39, 0.29) is 17.0 Å². The molecule has 1 heterocycles. The maximum Gasteiger partial charge on any atom is 0.251 e. The SMILES string of the molecule is O=C(CBr)c1cccc2c1CNC2=O. The number of hydrogen-bond acceptors (Lipinski definition) is 2. The van der Waals surface area contributed by atoms with Gasteiger partial charge in [-0.1, -0.05) is 28.1 Å². The molecule has 0 aromatic heterocycles. The molecule has 1 N–H and O–H groups in total. The molecule has 3 nitrogen and oxygen atoms in total. The monoisotopic (exact) mass is 253 g/mol. The molecule has 1 aromatic rings. The maximum absolute atomic E-state index is 11.5. The normalized spacial score (nSPS) is 13.6. The van der Waals surface area contributed by atoms with Crippen LogP contribution in [0.3, 0.4) is 0 Å². The summed E-state index contributed by atoms with van der Waals surface area (Å²) in [7, 11) is 0. The van der Waals surface area contributed by atoms with E-state index in [0.717, 1.165) is 5.56 Å². The fourth-order valence-corrected chi connectivity index (χ4v) is 1.89. The first-order valence-corrected chi connectivity index (χ1v) is 5.35. The summed E-state index contributed by atoms with van der Waals surface area (Å²) in [6, 6.07) is 5.23.